The number of ether oxygens (including phenoxy) is 1. The molecule has 1 aliphatic rings. The number of carbonyl (C=O) groups excluding carboxylic acids is 2. The molecule has 2 amide bonds. The molecular weight excluding hydrogens is 385 g/mol. The third-order valence-corrected chi connectivity index (χ3v) is 4.76. The molecule has 0 aliphatic carbocycles. The normalized spacial score (nSPS) is 14.6. The van der Waals surface area contributed by atoms with Crippen LogP contribution in [0.1, 0.15) is 10.4 Å². The van der Waals surface area contributed by atoms with Crippen LogP contribution in [0.5, 0.6) is 5.75 Å². The number of hydrogen-bond acceptors (Lipinski definition) is 4. The predicted octanol–water partition coefficient (Wildman–Crippen LogP) is 2.88. The van der Waals surface area contributed by atoms with Crippen molar-refractivity contribution in [2.75, 3.05) is 45.2 Å². The molecule has 0 saturated carbocycles. The molecule has 28 heavy (non-hydrogen) atoms. The molecule has 0 aromatic heterocycles. The summed E-state index contributed by atoms with van der Waals surface area (Å²) < 4.78 is 18.5. The van der Waals surface area contributed by atoms with Crippen LogP contribution >= 0.6 is 11.6 Å². The van der Waals surface area contributed by atoms with Crippen molar-refractivity contribution in [3.8, 4) is 5.75 Å². The molecule has 3 rings (SSSR count). The lowest BCUT2D eigenvalue weighted by Crippen LogP contribution is -2.50. The third-order valence-electron chi connectivity index (χ3n) is 4.53. The summed E-state index contributed by atoms with van der Waals surface area (Å²) in [6.07, 6.45) is 0. The van der Waals surface area contributed by atoms with Gasteiger partial charge in [0.2, 0.25) is 5.91 Å². The average molecular weight is 406 g/mol. The number of anilines is 1. The van der Waals surface area contributed by atoms with Crippen LogP contribution in [0, 0.1) is 5.82 Å². The SMILES string of the molecule is COc1ccc(Cl)cc1C(=O)N1CCN(CC(=O)Nc2cccc(F)c2)CC1. The lowest BCUT2D eigenvalue weighted by Gasteiger charge is -2.34. The van der Waals surface area contributed by atoms with Crippen LogP contribution in [0.4, 0.5) is 10.1 Å². The van der Waals surface area contributed by atoms with Gasteiger partial charge in [-0.15, -0.1) is 0 Å². The molecule has 6 nitrogen and oxygen atoms in total. The maximum Gasteiger partial charge on any atom is 0.257 e. The maximum atomic E-state index is 13.2. The van der Waals surface area contributed by atoms with Crippen LogP contribution in [-0.4, -0.2) is 61.4 Å². The molecule has 1 aliphatic heterocycles. The van der Waals surface area contributed by atoms with Crippen molar-refractivity contribution >= 4 is 29.1 Å². The monoisotopic (exact) mass is 405 g/mol. The summed E-state index contributed by atoms with van der Waals surface area (Å²) in [5.41, 5.74) is 0.846. The van der Waals surface area contributed by atoms with Crippen molar-refractivity contribution in [2.24, 2.45) is 0 Å². The van der Waals surface area contributed by atoms with Gasteiger partial charge in [-0.05, 0) is 36.4 Å². The number of nitrogens with zero attached hydrogens (tertiary/aromatic N) is 2. The van der Waals surface area contributed by atoms with Crippen LogP contribution in [0.3, 0.4) is 0 Å². The Hall–Kier alpha value is -2.64. The fraction of sp³-hybridized carbons (Fsp3) is 0.300. The van der Waals surface area contributed by atoms with Gasteiger partial charge < -0.3 is 15.0 Å². The Morgan fingerprint density at radius 3 is 2.57 bits per heavy atom. The van der Waals surface area contributed by atoms with E-state index in [1.807, 2.05) is 4.90 Å². The first kappa shape index (κ1) is 20.1. The van der Waals surface area contributed by atoms with E-state index in [-0.39, 0.29) is 18.4 Å². The molecule has 0 atom stereocenters. The van der Waals surface area contributed by atoms with E-state index in [1.165, 1.54) is 19.2 Å². The van der Waals surface area contributed by atoms with Crippen LogP contribution in [-0.2, 0) is 4.79 Å². The number of benzene rings is 2. The minimum Gasteiger partial charge on any atom is -0.496 e. The molecule has 0 spiro atoms. The summed E-state index contributed by atoms with van der Waals surface area (Å²) in [5, 5.41) is 3.15. The number of carbonyl (C=O) groups is 2. The van der Waals surface area contributed by atoms with E-state index in [1.54, 1.807) is 35.2 Å². The van der Waals surface area contributed by atoms with E-state index < -0.39 is 5.82 Å². The van der Waals surface area contributed by atoms with Crippen molar-refractivity contribution in [3.05, 3.63) is 58.9 Å². The molecule has 1 fully saturated rings. The lowest BCUT2D eigenvalue weighted by molar-refractivity contribution is -0.117. The smallest absolute Gasteiger partial charge is 0.257 e. The Morgan fingerprint density at radius 2 is 1.89 bits per heavy atom. The zero-order valence-corrected chi connectivity index (χ0v) is 16.2. The minimum atomic E-state index is -0.402. The number of rotatable bonds is 5. The van der Waals surface area contributed by atoms with Gasteiger partial charge in [0.15, 0.2) is 0 Å². The van der Waals surface area contributed by atoms with Crippen LogP contribution < -0.4 is 10.1 Å². The molecule has 8 heteroatoms. The molecule has 1 N–H and O–H groups in total. The van der Waals surface area contributed by atoms with E-state index in [2.05, 4.69) is 5.32 Å². The van der Waals surface area contributed by atoms with Gasteiger partial charge in [0.05, 0.1) is 19.2 Å². The first-order valence-corrected chi connectivity index (χ1v) is 9.24. The average Bonchev–Trinajstić information content (AvgIpc) is 2.68. The fourth-order valence-electron chi connectivity index (χ4n) is 3.10. The van der Waals surface area contributed by atoms with Gasteiger partial charge in [0, 0.05) is 36.9 Å². The van der Waals surface area contributed by atoms with Crippen LogP contribution in [0.15, 0.2) is 42.5 Å². The zero-order valence-electron chi connectivity index (χ0n) is 15.5. The molecule has 0 unspecified atom stereocenters. The van der Waals surface area contributed by atoms with Gasteiger partial charge in [-0.1, -0.05) is 17.7 Å². The Kier molecular flexibility index (Phi) is 6.49. The largest absolute Gasteiger partial charge is 0.496 e. The second-order valence-corrected chi connectivity index (χ2v) is 6.91. The predicted molar refractivity (Wildman–Crippen MR) is 105 cm³/mol. The van der Waals surface area contributed by atoms with Crippen molar-refractivity contribution in [2.45, 2.75) is 0 Å². The highest BCUT2D eigenvalue weighted by Gasteiger charge is 2.25. The second-order valence-electron chi connectivity index (χ2n) is 6.47. The van der Waals surface area contributed by atoms with Crippen molar-refractivity contribution < 1.29 is 18.7 Å². The molecule has 0 bridgehead atoms. The molecule has 148 valence electrons. The highest BCUT2D eigenvalue weighted by Crippen LogP contribution is 2.24. The Morgan fingerprint density at radius 1 is 1.14 bits per heavy atom. The van der Waals surface area contributed by atoms with Gasteiger partial charge in [-0.2, -0.15) is 0 Å². The number of methoxy groups -OCH3 is 1. The molecule has 2 aromatic carbocycles. The summed E-state index contributed by atoms with van der Waals surface area (Å²) in [7, 11) is 1.51. The van der Waals surface area contributed by atoms with Gasteiger partial charge in [0.25, 0.3) is 5.91 Å². The molecular formula is C20H21ClFN3O3. The summed E-state index contributed by atoms with van der Waals surface area (Å²) in [4.78, 5) is 28.6. The van der Waals surface area contributed by atoms with Gasteiger partial charge in [0.1, 0.15) is 11.6 Å². The van der Waals surface area contributed by atoms with Gasteiger partial charge >= 0.3 is 0 Å². The molecule has 2 aromatic rings. The van der Waals surface area contributed by atoms with Crippen molar-refractivity contribution in [1.29, 1.82) is 0 Å². The topological polar surface area (TPSA) is 61.9 Å². The fourth-order valence-corrected chi connectivity index (χ4v) is 3.27. The Labute approximate surface area is 167 Å². The quantitative estimate of drug-likeness (QED) is 0.830. The summed E-state index contributed by atoms with van der Waals surface area (Å²) in [6, 6.07) is 10.7. The minimum absolute atomic E-state index is 0.150. The van der Waals surface area contributed by atoms with Crippen LogP contribution in [0.2, 0.25) is 5.02 Å². The van der Waals surface area contributed by atoms with E-state index in [4.69, 9.17) is 16.3 Å². The highest BCUT2D eigenvalue weighted by molar-refractivity contribution is 6.31. The maximum absolute atomic E-state index is 13.2. The summed E-state index contributed by atoms with van der Waals surface area (Å²) >= 11 is 6.01. The Bertz CT molecular complexity index is 870. The standard InChI is InChI=1S/C20H21ClFN3O3/c1-28-18-6-5-14(21)11-17(18)20(27)25-9-7-24(8-10-25)13-19(26)23-16-4-2-3-15(22)12-16/h2-6,11-12H,7-10,13H2,1H3,(H,23,26). The molecule has 1 heterocycles. The first-order chi connectivity index (χ1) is 13.5. The number of piperazine rings is 1. The Balaban J connectivity index is 1.53. The first-order valence-electron chi connectivity index (χ1n) is 8.87. The molecule has 0 radical (unpaired) electrons. The number of hydrogen-bond donors (Lipinski definition) is 1. The number of amides is 2. The van der Waals surface area contributed by atoms with Gasteiger partial charge in [-0.3, -0.25) is 14.5 Å². The highest BCUT2D eigenvalue weighted by atomic mass is 35.5. The lowest BCUT2D eigenvalue weighted by atomic mass is 10.1. The van der Waals surface area contributed by atoms with Gasteiger partial charge in [-0.25, -0.2) is 4.39 Å². The zero-order chi connectivity index (χ0) is 20.1. The molecule has 1 saturated heterocycles. The van der Waals surface area contributed by atoms with E-state index in [9.17, 15) is 14.0 Å². The van der Waals surface area contributed by atoms with E-state index in [0.29, 0.717) is 48.2 Å². The number of nitrogens with one attached hydrogen (secondary N) is 1. The van der Waals surface area contributed by atoms with Crippen LogP contribution in [0.25, 0.3) is 0 Å². The summed E-state index contributed by atoms with van der Waals surface area (Å²) in [6.45, 7) is 2.28. The van der Waals surface area contributed by atoms with Crippen molar-refractivity contribution in [3.63, 3.8) is 0 Å². The third kappa shape index (κ3) is 4.99. The summed E-state index contributed by atoms with van der Waals surface area (Å²) in [5.74, 6) is -0.294. The van der Waals surface area contributed by atoms with Crippen molar-refractivity contribution in [1.82, 2.24) is 9.80 Å². The number of halogens is 2. The van der Waals surface area contributed by atoms with E-state index >= 15 is 0 Å². The second kappa shape index (κ2) is 9.03. The van der Waals surface area contributed by atoms with E-state index in [0.717, 1.165) is 0 Å².